The summed E-state index contributed by atoms with van der Waals surface area (Å²) in [5.41, 5.74) is 4.59. The molecule has 30 heavy (non-hydrogen) atoms. The zero-order valence-corrected chi connectivity index (χ0v) is 17.6. The second kappa shape index (κ2) is 10.5. The lowest BCUT2D eigenvalue weighted by Gasteiger charge is -2.17. The van der Waals surface area contributed by atoms with E-state index in [4.69, 9.17) is 14.6 Å². The normalized spacial score (nSPS) is 10.6. The summed E-state index contributed by atoms with van der Waals surface area (Å²) in [5, 5.41) is 9.10. The molecule has 3 aromatic carbocycles. The molecular formula is C26H28O4. The minimum Gasteiger partial charge on any atom is -0.493 e. The third-order valence-corrected chi connectivity index (χ3v) is 5.23. The highest BCUT2D eigenvalue weighted by atomic mass is 16.5. The van der Waals surface area contributed by atoms with Gasteiger partial charge in [-0.2, -0.15) is 0 Å². The summed E-state index contributed by atoms with van der Waals surface area (Å²) in [5.74, 6) is 0.535. The second-order valence-electron chi connectivity index (χ2n) is 7.30. The van der Waals surface area contributed by atoms with Crippen LogP contribution in [0.25, 0.3) is 11.1 Å². The Morgan fingerprint density at radius 1 is 0.900 bits per heavy atom. The molecule has 0 saturated carbocycles. The molecule has 0 spiro atoms. The summed E-state index contributed by atoms with van der Waals surface area (Å²) >= 11 is 0. The fourth-order valence-corrected chi connectivity index (χ4v) is 3.54. The van der Waals surface area contributed by atoms with Crippen molar-refractivity contribution < 1.29 is 19.4 Å². The van der Waals surface area contributed by atoms with Crippen LogP contribution in [0.1, 0.15) is 40.7 Å². The monoisotopic (exact) mass is 404 g/mol. The van der Waals surface area contributed by atoms with E-state index in [1.54, 1.807) is 19.2 Å². The van der Waals surface area contributed by atoms with Gasteiger partial charge in [-0.25, -0.2) is 4.79 Å². The van der Waals surface area contributed by atoms with Gasteiger partial charge in [-0.1, -0.05) is 48.5 Å². The lowest BCUT2D eigenvalue weighted by atomic mass is 9.98. The molecule has 0 saturated heterocycles. The Morgan fingerprint density at radius 3 is 2.30 bits per heavy atom. The maximum absolute atomic E-state index is 11.1. The number of aryl methyl sites for hydroxylation is 1. The van der Waals surface area contributed by atoms with Crippen LogP contribution in [-0.4, -0.2) is 24.8 Å². The van der Waals surface area contributed by atoms with Crippen molar-refractivity contribution in [3.63, 3.8) is 0 Å². The Labute approximate surface area is 178 Å². The molecule has 0 aliphatic rings. The molecule has 156 valence electrons. The van der Waals surface area contributed by atoms with Crippen LogP contribution >= 0.6 is 0 Å². The summed E-state index contributed by atoms with van der Waals surface area (Å²) in [6.45, 7) is 2.64. The standard InChI is InChI=1S/C26H28O4/c1-19-23(21-12-14-22(15-13-21)26(27)28)16-17-24(29-2)25(19)30-18-8-4-7-11-20-9-5-3-6-10-20/h3,5-6,9-10,12-17H,4,7-8,11,18H2,1-2H3,(H,27,28). The molecule has 4 heteroatoms. The van der Waals surface area contributed by atoms with E-state index in [0.29, 0.717) is 12.4 Å². The van der Waals surface area contributed by atoms with Crippen LogP contribution in [0.4, 0.5) is 0 Å². The van der Waals surface area contributed by atoms with E-state index in [9.17, 15) is 4.79 Å². The van der Waals surface area contributed by atoms with Crippen LogP contribution in [0, 0.1) is 6.92 Å². The van der Waals surface area contributed by atoms with Crippen molar-refractivity contribution in [3.05, 3.63) is 83.4 Å². The molecule has 3 rings (SSSR count). The second-order valence-corrected chi connectivity index (χ2v) is 7.30. The highest BCUT2D eigenvalue weighted by Crippen LogP contribution is 2.37. The number of benzene rings is 3. The maximum atomic E-state index is 11.1. The Balaban J connectivity index is 1.62. The first-order chi connectivity index (χ1) is 14.6. The minimum atomic E-state index is -0.927. The van der Waals surface area contributed by atoms with Crippen molar-refractivity contribution >= 4 is 5.97 Å². The summed E-state index contributed by atoms with van der Waals surface area (Å²) in [7, 11) is 1.64. The van der Waals surface area contributed by atoms with E-state index in [1.807, 2.05) is 37.3 Å². The molecule has 0 bridgehead atoms. The number of carboxylic acid groups (broad SMARTS) is 1. The summed E-state index contributed by atoms with van der Waals surface area (Å²) in [6, 6.07) is 21.3. The largest absolute Gasteiger partial charge is 0.493 e. The number of rotatable bonds is 10. The third kappa shape index (κ3) is 5.41. The number of ether oxygens (including phenoxy) is 2. The van der Waals surface area contributed by atoms with Gasteiger partial charge in [0.15, 0.2) is 11.5 Å². The van der Waals surface area contributed by atoms with Crippen LogP contribution in [0.5, 0.6) is 11.5 Å². The van der Waals surface area contributed by atoms with E-state index in [-0.39, 0.29) is 5.56 Å². The number of hydrogen-bond donors (Lipinski definition) is 1. The predicted octanol–water partition coefficient (Wildman–Crippen LogP) is 6.16. The van der Waals surface area contributed by atoms with Gasteiger partial charge in [-0.15, -0.1) is 0 Å². The van der Waals surface area contributed by atoms with Crippen LogP contribution in [0.2, 0.25) is 0 Å². The van der Waals surface area contributed by atoms with E-state index in [1.165, 1.54) is 5.56 Å². The molecule has 0 atom stereocenters. The highest BCUT2D eigenvalue weighted by molar-refractivity contribution is 5.88. The first-order valence-electron chi connectivity index (χ1n) is 10.3. The molecule has 0 aliphatic heterocycles. The lowest BCUT2D eigenvalue weighted by Crippen LogP contribution is -2.02. The fraction of sp³-hybridized carbons (Fsp3) is 0.269. The molecule has 0 amide bonds. The fourth-order valence-electron chi connectivity index (χ4n) is 3.54. The summed E-state index contributed by atoms with van der Waals surface area (Å²) in [4.78, 5) is 11.1. The first kappa shape index (κ1) is 21.4. The van der Waals surface area contributed by atoms with Gasteiger partial charge in [0.05, 0.1) is 19.3 Å². The van der Waals surface area contributed by atoms with Gasteiger partial charge >= 0.3 is 5.97 Å². The number of carbonyl (C=O) groups is 1. The van der Waals surface area contributed by atoms with Crippen LogP contribution < -0.4 is 9.47 Å². The maximum Gasteiger partial charge on any atom is 0.335 e. The van der Waals surface area contributed by atoms with Crippen molar-refractivity contribution in [2.75, 3.05) is 13.7 Å². The minimum absolute atomic E-state index is 0.275. The quantitative estimate of drug-likeness (QED) is 0.411. The number of unbranched alkanes of at least 4 members (excludes halogenated alkanes) is 2. The third-order valence-electron chi connectivity index (χ3n) is 5.23. The number of methoxy groups -OCH3 is 1. The predicted molar refractivity (Wildman–Crippen MR) is 120 cm³/mol. The highest BCUT2D eigenvalue weighted by Gasteiger charge is 2.14. The zero-order valence-electron chi connectivity index (χ0n) is 17.6. The smallest absolute Gasteiger partial charge is 0.335 e. The van der Waals surface area contributed by atoms with Crippen molar-refractivity contribution in [1.29, 1.82) is 0 Å². The van der Waals surface area contributed by atoms with E-state index >= 15 is 0 Å². The molecule has 3 aromatic rings. The average molecular weight is 405 g/mol. The zero-order chi connectivity index (χ0) is 21.3. The molecule has 0 aromatic heterocycles. The topological polar surface area (TPSA) is 55.8 Å². The van der Waals surface area contributed by atoms with Gasteiger partial charge in [0.2, 0.25) is 0 Å². The van der Waals surface area contributed by atoms with Crippen LogP contribution in [0.3, 0.4) is 0 Å². The lowest BCUT2D eigenvalue weighted by molar-refractivity contribution is 0.0697. The number of hydrogen-bond acceptors (Lipinski definition) is 3. The van der Waals surface area contributed by atoms with Crippen LogP contribution in [-0.2, 0) is 6.42 Å². The van der Waals surface area contributed by atoms with Gasteiger partial charge < -0.3 is 14.6 Å². The van der Waals surface area contributed by atoms with E-state index in [2.05, 4.69) is 24.3 Å². The molecular weight excluding hydrogens is 376 g/mol. The summed E-state index contributed by atoms with van der Waals surface area (Å²) in [6.07, 6.45) is 4.31. The van der Waals surface area contributed by atoms with Crippen LogP contribution in [0.15, 0.2) is 66.7 Å². The summed E-state index contributed by atoms with van der Waals surface area (Å²) < 4.78 is 11.6. The molecule has 4 nitrogen and oxygen atoms in total. The van der Waals surface area contributed by atoms with Crippen molar-refractivity contribution in [3.8, 4) is 22.6 Å². The SMILES string of the molecule is COc1ccc(-c2ccc(C(=O)O)cc2)c(C)c1OCCCCCc1ccccc1. The van der Waals surface area contributed by atoms with Gasteiger partial charge in [0.1, 0.15) is 0 Å². The molecule has 0 unspecified atom stereocenters. The van der Waals surface area contributed by atoms with E-state index < -0.39 is 5.97 Å². The molecule has 0 aliphatic carbocycles. The molecule has 1 N–H and O–H groups in total. The number of aromatic carboxylic acids is 1. The first-order valence-corrected chi connectivity index (χ1v) is 10.3. The van der Waals surface area contributed by atoms with Gasteiger partial charge in [0.25, 0.3) is 0 Å². The number of carboxylic acids is 1. The van der Waals surface area contributed by atoms with Crippen molar-refractivity contribution in [1.82, 2.24) is 0 Å². The van der Waals surface area contributed by atoms with Gasteiger partial charge in [0, 0.05) is 5.56 Å². The Hall–Kier alpha value is -3.27. The van der Waals surface area contributed by atoms with Gasteiger partial charge in [-0.3, -0.25) is 0 Å². The Bertz CT molecular complexity index is 962. The van der Waals surface area contributed by atoms with Crippen molar-refractivity contribution in [2.24, 2.45) is 0 Å². The molecule has 0 fully saturated rings. The average Bonchev–Trinajstić information content (AvgIpc) is 2.77. The Morgan fingerprint density at radius 2 is 1.63 bits per heavy atom. The van der Waals surface area contributed by atoms with Crippen molar-refractivity contribution in [2.45, 2.75) is 32.6 Å². The Kier molecular flexibility index (Phi) is 7.50. The van der Waals surface area contributed by atoms with E-state index in [0.717, 1.165) is 48.1 Å². The van der Waals surface area contributed by atoms with Gasteiger partial charge in [-0.05, 0) is 67.5 Å². The molecule has 0 radical (unpaired) electrons. The molecule has 0 heterocycles.